The van der Waals surface area contributed by atoms with E-state index in [2.05, 4.69) is 20.7 Å². The summed E-state index contributed by atoms with van der Waals surface area (Å²) >= 11 is 0. The van der Waals surface area contributed by atoms with E-state index in [0.717, 1.165) is 24.0 Å². The van der Waals surface area contributed by atoms with Crippen LogP contribution in [0.15, 0.2) is 36.4 Å². The Morgan fingerprint density at radius 3 is 2.34 bits per heavy atom. The molecular weight excluding hydrogens is 664 g/mol. The number of rotatable bonds is 5. The summed E-state index contributed by atoms with van der Waals surface area (Å²) in [5, 5.41) is 7.93. The van der Waals surface area contributed by atoms with E-state index in [0.29, 0.717) is 45.2 Å². The van der Waals surface area contributed by atoms with Crippen molar-refractivity contribution < 1.29 is 37.1 Å². The van der Waals surface area contributed by atoms with Gasteiger partial charge < -0.3 is 30.5 Å². The van der Waals surface area contributed by atoms with E-state index >= 15 is 0 Å². The lowest BCUT2D eigenvalue weighted by atomic mass is 10.0. The summed E-state index contributed by atoms with van der Waals surface area (Å²) in [6.07, 6.45) is 7.41. The van der Waals surface area contributed by atoms with Crippen molar-refractivity contribution in [2.24, 2.45) is 5.92 Å². The number of alkyl carbamates (subject to hydrolysis) is 1. The van der Waals surface area contributed by atoms with Crippen LogP contribution < -0.4 is 20.7 Å². The highest BCUT2D eigenvalue weighted by Crippen LogP contribution is 2.46. The lowest BCUT2D eigenvalue weighted by Gasteiger charge is -2.30. The fraction of sp³-hybridized carbons (Fsp3) is 0.629. The minimum Gasteiger partial charge on any atom is -0.444 e. The zero-order valence-electron chi connectivity index (χ0n) is 28.9. The predicted molar refractivity (Wildman–Crippen MR) is 183 cm³/mol. The highest BCUT2D eigenvalue weighted by atomic mass is 32.2. The van der Waals surface area contributed by atoms with Crippen molar-refractivity contribution in [3.8, 4) is 0 Å². The average molecular weight is 713 g/mol. The van der Waals surface area contributed by atoms with Crippen LogP contribution in [0, 0.1) is 5.92 Å². The van der Waals surface area contributed by atoms with Crippen molar-refractivity contribution in [3.05, 3.63) is 47.5 Å². The van der Waals surface area contributed by atoms with Crippen LogP contribution in [0.3, 0.4) is 0 Å². The number of sulfonamides is 1. The normalized spacial score (nSPS) is 28.6. The largest absolute Gasteiger partial charge is 0.444 e. The van der Waals surface area contributed by atoms with Gasteiger partial charge in [0.25, 0.3) is 5.91 Å². The van der Waals surface area contributed by atoms with Gasteiger partial charge in [0.2, 0.25) is 21.8 Å². The summed E-state index contributed by atoms with van der Waals surface area (Å²) in [6, 6.07) is 4.73. The maximum Gasteiger partial charge on any atom is 0.408 e. The topological polar surface area (TPSA) is 183 Å². The molecule has 5 aliphatic rings. The van der Waals surface area contributed by atoms with E-state index in [1.165, 1.54) is 4.90 Å². The predicted octanol–water partition coefficient (Wildman–Crippen LogP) is 2.58. The molecule has 14 nitrogen and oxygen atoms in total. The first-order valence-corrected chi connectivity index (χ1v) is 19.2. The van der Waals surface area contributed by atoms with Gasteiger partial charge in [0.1, 0.15) is 23.2 Å². The summed E-state index contributed by atoms with van der Waals surface area (Å²) < 4.78 is 33.2. The third kappa shape index (κ3) is 8.08. The molecule has 6 amide bonds. The molecule has 0 unspecified atom stereocenters. The summed E-state index contributed by atoms with van der Waals surface area (Å²) in [5.74, 6) is -2.36. The van der Waals surface area contributed by atoms with Gasteiger partial charge in [-0.1, -0.05) is 49.3 Å². The molecule has 50 heavy (non-hydrogen) atoms. The molecule has 272 valence electrons. The number of hydrogen-bond donors (Lipinski definition) is 4. The molecule has 5 atom stereocenters. The van der Waals surface area contributed by atoms with Gasteiger partial charge in [0.15, 0.2) is 0 Å². The Morgan fingerprint density at radius 1 is 0.980 bits per heavy atom. The number of allylic oxidation sites excluding steroid dienone is 1. The number of nitrogens with one attached hydrogen (secondary N) is 4. The first-order chi connectivity index (χ1) is 23.6. The van der Waals surface area contributed by atoms with Crippen molar-refractivity contribution in [2.75, 3.05) is 6.54 Å². The maximum absolute atomic E-state index is 14.3. The minimum atomic E-state index is -3.88. The van der Waals surface area contributed by atoms with Gasteiger partial charge in [-0.15, -0.1) is 0 Å². The molecule has 0 bridgehead atoms. The first-order valence-electron chi connectivity index (χ1n) is 17.6. The maximum atomic E-state index is 14.3. The van der Waals surface area contributed by atoms with Crippen LogP contribution in [-0.4, -0.2) is 89.1 Å². The Labute approximate surface area is 293 Å². The molecule has 15 heteroatoms. The number of carbonyl (C=O) groups is 5. The van der Waals surface area contributed by atoms with Crippen LogP contribution in [0.1, 0.15) is 89.7 Å². The number of ether oxygens (including phenoxy) is 1. The van der Waals surface area contributed by atoms with Crippen molar-refractivity contribution in [1.29, 1.82) is 0 Å². The molecule has 3 heterocycles. The Kier molecular flexibility index (Phi) is 9.90. The van der Waals surface area contributed by atoms with E-state index in [1.807, 2.05) is 36.4 Å². The quantitative estimate of drug-likeness (QED) is 0.336. The molecule has 3 aliphatic heterocycles. The van der Waals surface area contributed by atoms with Gasteiger partial charge in [-0.05, 0) is 76.8 Å². The van der Waals surface area contributed by atoms with Crippen LogP contribution in [0.5, 0.6) is 0 Å². The fourth-order valence-corrected chi connectivity index (χ4v) is 8.46. The van der Waals surface area contributed by atoms with Crippen LogP contribution in [0.4, 0.5) is 9.59 Å². The third-order valence-corrected chi connectivity index (χ3v) is 11.8. The van der Waals surface area contributed by atoms with Gasteiger partial charge in [-0.2, -0.15) is 0 Å². The Hall–Kier alpha value is -4.14. The summed E-state index contributed by atoms with van der Waals surface area (Å²) in [6.45, 7) is 6.02. The Balaban J connectivity index is 1.25. The van der Waals surface area contributed by atoms with Crippen LogP contribution in [-0.2, 0) is 42.2 Å². The molecule has 1 aromatic rings. The minimum absolute atomic E-state index is 0.00542. The zero-order valence-corrected chi connectivity index (χ0v) is 29.7. The number of hydrogen-bond acceptors (Lipinski definition) is 8. The van der Waals surface area contributed by atoms with Gasteiger partial charge in [-0.3, -0.25) is 19.1 Å². The van der Waals surface area contributed by atoms with Gasteiger partial charge >= 0.3 is 12.1 Å². The smallest absolute Gasteiger partial charge is 0.408 e. The molecular formula is C35H48N6O8S. The van der Waals surface area contributed by atoms with E-state index in [-0.39, 0.29) is 25.4 Å². The van der Waals surface area contributed by atoms with Crippen molar-refractivity contribution in [1.82, 2.24) is 30.5 Å². The molecule has 4 N–H and O–H groups in total. The number of benzene rings is 1. The lowest BCUT2D eigenvalue weighted by Crippen LogP contribution is -2.58. The molecule has 0 radical (unpaired) electrons. The number of amides is 6. The van der Waals surface area contributed by atoms with Crippen molar-refractivity contribution in [3.63, 3.8) is 0 Å². The highest BCUT2D eigenvalue weighted by molar-refractivity contribution is 7.91. The first kappa shape index (κ1) is 35.7. The molecule has 2 aliphatic carbocycles. The number of nitrogens with zero attached hydrogens (tertiary/aromatic N) is 2. The Bertz CT molecular complexity index is 1650. The molecule has 6 rings (SSSR count). The van der Waals surface area contributed by atoms with Crippen molar-refractivity contribution in [2.45, 2.75) is 126 Å². The number of carbonyl (C=O) groups excluding carboxylic acids is 5. The van der Waals surface area contributed by atoms with Crippen molar-refractivity contribution >= 4 is 39.9 Å². The molecule has 2 saturated carbocycles. The summed E-state index contributed by atoms with van der Waals surface area (Å²) in [7, 11) is -3.88. The summed E-state index contributed by atoms with van der Waals surface area (Å²) in [4.78, 5) is 71.4. The Morgan fingerprint density at radius 2 is 1.68 bits per heavy atom. The third-order valence-electron chi connectivity index (χ3n) is 10.0. The molecule has 3 fully saturated rings. The van der Waals surface area contributed by atoms with E-state index in [9.17, 15) is 32.4 Å². The lowest BCUT2D eigenvalue weighted by molar-refractivity contribution is -0.141. The average Bonchev–Trinajstić information content (AvgIpc) is 3.92. The highest BCUT2D eigenvalue weighted by Gasteiger charge is 2.62. The second kappa shape index (κ2) is 13.9. The molecule has 1 saturated heterocycles. The summed E-state index contributed by atoms with van der Waals surface area (Å²) in [5.41, 5.74) is -0.204. The van der Waals surface area contributed by atoms with E-state index in [4.69, 9.17) is 4.74 Å². The van der Waals surface area contributed by atoms with E-state index in [1.54, 1.807) is 25.7 Å². The van der Waals surface area contributed by atoms with Crippen LogP contribution in [0.25, 0.3) is 0 Å². The second-order valence-corrected chi connectivity index (χ2v) is 17.2. The SMILES string of the molecule is CC(C)(C)OC(=O)N[C@H]1CCCCCC=C[C@@H]2C[C@@]2(C(=O)NS(=O)(=O)C2CC2)NC(=O)[C@@H]2C[C@@H](NC(=O)N3Cc4ccccc4C3)CN2C1=O. The zero-order chi connectivity index (χ0) is 35.8. The number of urea groups is 1. The van der Waals surface area contributed by atoms with Gasteiger partial charge in [0, 0.05) is 25.6 Å². The standard InChI is InChI=1S/C35H48N6O8S/c1-34(2,3)49-33(46)37-27-14-8-6-4-5-7-13-24-18-35(24,31(44)39-50(47,48)26-15-16-26)38-29(42)28-17-25(21-41(28)30(27)43)36-32(45)40-19-22-11-9-10-12-23(22)20-40/h7,9-13,24-28H,4-6,8,14-21H2,1-3H3,(H,36,45)(H,37,46)(H,38,42)(H,39,44)/t24-,25-,27+,28+,35-/m1/s1. The van der Waals surface area contributed by atoms with Gasteiger partial charge in [-0.25, -0.2) is 18.0 Å². The fourth-order valence-electron chi connectivity index (χ4n) is 7.10. The number of fused-ring (bicyclic) bond motifs is 3. The van der Waals surface area contributed by atoms with Gasteiger partial charge in [0.05, 0.1) is 11.3 Å². The molecule has 0 aromatic heterocycles. The van der Waals surface area contributed by atoms with Crippen LogP contribution >= 0.6 is 0 Å². The van der Waals surface area contributed by atoms with Crippen LogP contribution in [0.2, 0.25) is 0 Å². The molecule has 1 aromatic carbocycles. The monoisotopic (exact) mass is 712 g/mol. The second-order valence-electron chi connectivity index (χ2n) is 15.2. The van der Waals surface area contributed by atoms with E-state index < -0.39 is 74.3 Å². The molecule has 0 spiro atoms.